The van der Waals surface area contributed by atoms with Crippen LogP contribution in [0.4, 0.5) is 11.4 Å². The maximum atomic E-state index is 9.21. The van der Waals surface area contributed by atoms with Crippen molar-refractivity contribution in [3.63, 3.8) is 0 Å². The van der Waals surface area contributed by atoms with Gasteiger partial charge in [0.1, 0.15) is 11.6 Å². The fourth-order valence-electron chi connectivity index (χ4n) is 4.26. The average Bonchev–Trinajstić information content (AvgIpc) is 3.41. The number of aryl methyl sites for hydroxylation is 1. The Morgan fingerprint density at radius 3 is 2.66 bits per heavy atom. The van der Waals surface area contributed by atoms with E-state index in [4.69, 9.17) is 0 Å². The van der Waals surface area contributed by atoms with E-state index in [9.17, 15) is 10.4 Å². The van der Waals surface area contributed by atoms with Gasteiger partial charge in [-0.2, -0.15) is 10.4 Å². The normalized spacial score (nSPS) is 15.1. The molecule has 1 N–H and O–H groups in total. The molecule has 0 saturated carbocycles. The topological polar surface area (TPSA) is 95.8 Å². The van der Waals surface area contributed by atoms with E-state index in [-0.39, 0.29) is 12.5 Å². The Balaban J connectivity index is 1.68. The zero-order chi connectivity index (χ0) is 22.2. The number of hydrogen-bond donors (Lipinski definition) is 1. The van der Waals surface area contributed by atoms with Crippen LogP contribution in [-0.2, 0) is 6.54 Å². The summed E-state index contributed by atoms with van der Waals surface area (Å²) in [4.78, 5) is 2.27. The Hall–Kier alpha value is -3.96. The second-order valence-electron chi connectivity index (χ2n) is 8.03. The molecule has 0 spiro atoms. The Bertz CT molecular complexity index is 1310. The minimum Gasteiger partial charge on any atom is -0.394 e. The van der Waals surface area contributed by atoms with Crippen LogP contribution in [0.2, 0.25) is 0 Å². The first-order chi connectivity index (χ1) is 15.6. The third kappa shape index (κ3) is 3.33. The molecule has 5 rings (SSSR count). The van der Waals surface area contributed by atoms with Gasteiger partial charge in [-0.25, -0.2) is 0 Å². The van der Waals surface area contributed by atoms with Crippen molar-refractivity contribution in [2.24, 2.45) is 0 Å². The lowest BCUT2D eigenvalue weighted by Crippen LogP contribution is -2.22. The molecule has 160 valence electrons. The Kier molecular flexibility index (Phi) is 4.96. The molecule has 0 saturated heterocycles. The van der Waals surface area contributed by atoms with Gasteiger partial charge in [0.25, 0.3) is 0 Å². The molecular formula is C24H23N7O. The fourth-order valence-corrected chi connectivity index (χ4v) is 4.26. The third-order valence-electron chi connectivity index (χ3n) is 5.86. The molecule has 0 aliphatic carbocycles. The standard InChI is InChI=1S/C24H23N7O/c1-16-14-30(21-6-3-18(12-25)4-7-21)23-11-19(20-13-26-29(15-20)9-10-32)5-8-22(23)31-17(2)27-28-24(16)31/h3-8,11,13,15-16,32H,9-10,14H2,1-2H3/t16-/m1/s1. The van der Waals surface area contributed by atoms with Crippen LogP contribution in [0.1, 0.15) is 30.1 Å². The Morgan fingerprint density at radius 1 is 1.09 bits per heavy atom. The number of benzene rings is 2. The van der Waals surface area contributed by atoms with E-state index < -0.39 is 0 Å². The lowest BCUT2D eigenvalue weighted by atomic mass is 10.1. The first-order valence-corrected chi connectivity index (χ1v) is 10.6. The summed E-state index contributed by atoms with van der Waals surface area (Å²) in [7, 11) is 0. The monoisotopic (exact) mass is 425 g/mol. The molecule has 0 unspecified atom stereocenters. The molecule has 0 amide bonds. The van der Waals surface area contributed by atoms with Crippen molar-refractivity contribution in [1.82, 2.24) is 24.5 Å². The number of rotatable bonds is 4. The molecule has 8 nitrogen and oxygen atoms in total. The zero-order valence-electron chi connectivity index (χ0n) is 18.0. The molecule has 0 radical (unpaired) electrons. The molecule has 32 heavy (non-hydrogen) atoms. The number of nitrogens with zero attached hydrogens (tertiary/aromatic N) is 7. The van der Waals surface area contributed by atoms with Gasteiger partial charge in [0.2, 0.25) is 0 Å². The Labute approximate surface area is 186 Å². The molecule has 2 aromatic heterocycles. The SMILES string of the molecule is Cc1nnc2n1-c1ccc(-c3cnn(CCO)c3)cc1N(c1ccc(C#N)cc1)C[C@H]2C. The van der Waals surface area contributed by atoms with Gasteiger partial charge in [-0.05, 0) is 48.9 Å². The largest absolute Gasteiger partial charge is 0.394 e. The summed E-state index contributed by atoms with van der Waals surface area (Å²) in [6.07, 6.45) is 3.76. The summed E-state index contributed by atoms with van der Waals surface area (Å²) in [5.41, 5.74) is 5.72. The van der Waals surface area contributed by atoms with Crippen LogP contribution in [0, 0.1) is 18.3 Å². The number of hydrogen-bond acceptors (Lipinski definition) is 6. The van der Waals surface area contributed by atoms with E-state index in [1.54, 1.807) is 4.68 Å². The molecule has 0 fully saturated rings. The van der Waals surface area contributed by atoms with E-state index in [0.717, 1.165) is 46.4 Å². The number of nitriles is 1. The molecular weight excluding hydrogens is 402 g/mol. The van der Waals surface area contributed by atoms with E-state index >= 15 is 0 Å². The van der Waals surface area contributed by atoms with E-state index in [0.29, 0.717) is 12.1 Å². The van der Waals surface area contributed by atoms with Gasteiger partial charge in [0.05, 0.1) is 42.4 Å². The molecule has 1 aliphatic heterocycles. The van der Waals surface area contributed by atoms with Gasteiger partial charge in [0.15, 0.2) is 0 Å². The summed E-state index contributed by atoms with van der Waals surface area (Å²) in [5.74, 6) is 1.93. The number of anilines is 2. The third-order valence-corrected chi connectivity index (χ3v) is 5.86. The minimum atomic E-state index is 0.0470. The average molecular weight is 425 g/mol. The highest BCUT2D eigenvalue weighted by molar-refractivity contribution is 5.79. The quantitative estimate of drug-likeness (QED) is 0.537. The van der Waals surface area contributed by atoms with Crippen molar-refractivity contribution >= 4 is 11.4 Å². The van der Waals surface area contributed by atoms with Crippen molar-refractivity contribution in [1.29, 1.82) is 5.26 Å². The number of aromatic nitrogens is 5. The molecule has 1 atom stereocenters. The summed E-state index contributed by atoms with van der Waals surface area (Å²) in [5, 5.41) is 31.6. The van der Waals surface area contributed by atoms with Gasteiger partial charge >= 0.3 is 0 Å². The van der Waals surface area contributed by atoms with Crippen LogP contribution in [0.15, 0.2) is 54.9 Å². The van der Waals surface area contributed by atoms with Crippen molar-refractivity contribution < 1.29 is 5.11 Å². The predicted octanol–water partition coefficient (Wildman–Crippen LogP) is 3.56. The smallest absolute Gasteiger partial charge is 0.142 e. The van der Waals surface area contributed by atoms with Crippen molar-refractivity contribution in [2.75, 3.05) is 18.1 Å². The van der Waals surface area contributed by atoms with Crippen LogP contribution < -0.4 is 4.90 Å². The fraction of sp³-hybridized carbons (Fsp3) is 0.250. The molecule has 4 aromatic rings. The van der Waals surface area contributed by atoms with Gasteiger partial charge in [-0.1, -0.05) is 13.0 Å². The van der Waals surface area contributed by atoms with Gasteiger partial charge in [-0.3, -0.25) is 9.25 Å². The summed E-state index contributed by atoms with van der Waals surface area (Å²) in [6.45, 7) is 5.36. The van der Waals surface area contributed by atoms with Crippen LogP contribution in [0.5, 0.6) is 0 Å². The van der Waals surface area contributed by atoms with Gasteiger partial charge < -0.3 is 10.0 Å². The first kappa shape index (κ1) is 20.0. The first-order valence-electron chi connectivity index (χ1n) is 10.6. The van der Waals surface area contributed by atoms with E-state index in [1.165, 1.54) is 0 Å². The summed E-state index contributed by atoms with van der Waals surface area (Å²) < 4.78 is 3.87. The number of fused-ring (bicyclic) bond motifs is 3. The van der Waals surface area contributed by atoms with Gasteiger partial charge in [-0.15, -0.1) is 10.2 Å². The maximum Gasteiger partial charge on any atom is 0.142 e. The highest BCUT2D eigenvalue weighted by atomic mass is 16.3. The van der Waals surface area contributed by atoms with E-state index in [2.05, 4.69) is 56.0 Å². The van der Waals surface area contributed by atoms with Crippen molar-refractivity contribution in [2.45, 2.75) is 26.3 Å². The lowest BCUT2D eigenvalue weighted by molar-refractivity contribution is 0.269. The summed E-state index contributed by atoms with van der Waals surface area (Å²) in [6, 6.07) is 16.2. The number of aliphatic hydroxyl groups is 1. The zero-order valence-corrected chi connectivity index (χ0v) is 18.0. The second kappa shape index (κ2) is 7.94. The lowest BCUT2D eigenvalue weighted by Gasteiger charge is -2.27. The molecule has 2 aromatic carbocycles. The highest BCUT2D eigenvalue weighted by Gasteiger charge is 2.28. The van der Waals surface area contributed by atoms with Crippen molar-refractivity contribution in [3.8, 4) is 22.9 Å². The van der Waals surface area contributed by atoms with Crippen LogP contribution in [-0.4, -0.2) is 42.8 Å². The molecule has 1 aliphatic rings. The van der Waals surface area contributed by atoms with Crippen LogP contribution in [0.25, 0.3) is 16.8 Å². The molecule has 8 heteroatoms. The predicted molar refractivity (Wildman–Crippen MR) is 121 cm³/mol. The number of aliphatic hydroxyl groups excluding tert-OH is 1. The molecule has 0 bridgehead atoms. The maximum absolute atomic E-state index is 9.21. The summed E-state index contributed by atoms with van der Waals surface area (Å²) >= 11 is 0. The van der Waals surface area contributed by atoms with Crippen LogP contribution in [0.3, 0.4) is 0 Å². The van der Waals surface area contributed by atoms with Crippen LogP contribution >= 0.6 is 0 Å². The molecule has 3 heterocycles. The highest BCUT2D eigenvalue weighted by Crippen LogP contribution is 2.40. The van der Waals surface area contributed by atoms with E-state index in [1.807, 2.05) is 43.6 Å². The van der Waals surface area contributed by atoms with Crippen molar-refractivity contribution in [3.05, 3.63) is 72.1 Å². The second-order valence-corrected chi connectivity index (χ2v) is 8.03. The minimum absolute atomic E-state index is 0.0470. The Morgan fingerprint density at radius 2 is 1.91 bits per heavy atom. The van der Waals surface area contributed by atoms with Gasteiger partial charge in [0, 0.05) is 29.9 Å².